The van der Waals surface area contributed by atoms with E-state index in [2.05, 4.69) is 25.8 Å². The second-order valence-corrected chi connectivity index (χ2v) is 4.93. The Morgan fingerprint density at radius 2 is 2.11 bits per heavy atom. The van der Waals surface area contributed by atoms with Crippen LogP contribution >= 0.6 is 0 Å². The van der Waals surface area contributed by atoms with E-state index in [0.29, 0.717) is 12.3 Å². The summed E-state index contributed by atoms with van der Waals surface area (Å²) in [5.74, 6) is 0.826. The Labute approximate surface area is 111 Å². The lowest BCUT2D eigenvalue weighted by atomic mass is 9.90. The van der Waals surface area contributed by atoms with E-state index >= 15 is 0 Å². The van der Waals surface area contributed by atoms with E-state index in [-0.39, 0.29) is 5.78 Å². The number of ketones is 1. The number of hydrogen-bond donors (Lipinski definition) is 0. The van der Waals surface area contributed by atoms with Crippen LogP contribution in [0.2, 0.25) is 0 Å². The molecule has 18 heavy (non-hydrogen) atoms. The van der Waals surface area contributed by atoms with Gasteiger partial charge in [-0.15, -0.1) is 0 Å². The van der Waals surface area contributed by atoms with E-state index in [9.17, 15) is 4.79 Å². The number of Topliss-reactive ketones (excluding diaryl/α,β-unsaturated/α-hetero) is 1. The molecule has 0 spiro atoms. The summed E-state index contributed by atoms with van der Waals surface area (Å²) in [4.78, 5) is 16.4. The molecule has 0 aliphatic carbocycles. The number of unbranched alkanes of at least 4 members (excludes halogenated alkanes) is 1. The molecule has 2 nitrogen and oxygen atoms in total. The third-order valence-electron chi connectivity index (χ3n) is 3.60. The first kappa shape index (κ1) is 14.9. The molecule has 0 radical (unpaired) electrons. The Morgan fingerprint density at radius 1 is 1.33 bits per heavy atom. The summed E-state index contributed by atoms with van der Waals surface area (Å²) in [7, 11) is 0. The van der Waals surface area contributed by atoms with Crippen LogP contribution in [0.1, 0.15) is 68.8 Å². The maximum absolute atomic E-state index is 12.3. The van der Waals surface area contributed by atoms with Crippen molar-refractivity contribution in [1.82, 2.24) is 4.98 Å². The number of aryl methyl sites for hydroxylation is 1. The molecule has 0 aliphatic heterocycles. The fourth-order valence-corrected chi connectivity index (χ4v) is 2.30. The van der Waals surface area contributed by atoms with Gasteiger partial charge in [0, 0.05) is 24.4 Å². The molecule has 0 saturated carbocycles. The zero-order valence-electron chi connectivity index (χ0n) is 11.9. The van der Waals surface area contributed by atoms with Gasteiger partial charge in [0.1, 0.15) is 0 Å². The van der Waals surface area contributed by atoms with E-state index in [1.165, 1.54) is 19.3 Å². The van der Waals surface area contributed by atoms with Gasteiger partial charge in [0.15, 0.2) is 5.78 Å². The predicted molar refractivity (Wildman–Crippen MR) is 75.9 cm³/mol. The molecule has 0 bridgehead atoms. The third-order valence-corrected chi connectivity index (χ3v) is 3.60. The lowest BCUT2D eigenvalue weighted by molar-refractivity contribution is 0.0956. The van der Waals surface area contributed by atoms with Crippen molar-refractivity contribution in [3.05, 3.63) is 29.6 Å². The van der Waals surface area contributed by atoms with Crippen LogP contribution in [0, 0.1) is 5.92 Å². The number of pyridine rings is 1. The van der Waals surface area contributed by atoms with E-state index in [4.69, 9.17) is 0 Å². The van der Waals surface area contributed by atoms with E-state index in [0.717, 1.165) is 24.0 Å². The summed E-state index contributed by atoms with van der Waals surface area (Å²) < 4.78 is 0. The van der Waals surface area contributed by atoms with Crippen LogP contribution in [0.5, 0.6) is 0 Å². The van der Waals surface area contributed by atoms with Gasteiger partial charge in [-0.3, -0.25) is 9.78 Å². The Kier molecular flexibility index (Phi) is 6.63. The average molecular weight is 247 g/mol. The van der Waals surface area contributed by atoms with Crippen molar-refractivity contribution < 1.29 is 4.79 Å². The fraction of sp³-hybridized carbons (Fsp3) is 0.625. The molecule has 1 unspecified atom stereocenters. The number of carbonyl (C=O) groups is 1. The van der Waals surface area contributed by atoms with Crippen molar-refractivity contribution in [3.63, 3.8) is 0 Å². The van der Waals surface area contributed by atoms with Crippen LogP contribution < -0.4 is 0 Å². The zero-order chi connectivity index (χ0) is 13.4. The zero-order valence-corrected chi connectivity index (χ0v) is 11.9. The molecule has 0 aliphatic rings. The van der Waals surface area contributed by atoms with Gasteiger partial charge in [-0.05, 0) is 24.0 Å². The molecule has 0 fully saturated rings. The van der Waals surface area contributed by atoms with Crippen molar-refractivity contribution in [2.75, 3.05) is 0 Å². The Bertz CT molecular complexity index is 373. The van der Waals surface area contributed by atoms with Gasteiger partial charge in [-0.25, -0.2) is 0 Å². The van der Waals surface area contributed by atoms with Crippen molar-refractivity contribution in [2.45, 2.75) is 59.3 Å². The minimum Gasteiger partial charge on any atom is -0.294 e. The average Bonchev–Trinajstić information content (AvgIpc) is 2.43. The largest absolute Gasteiger partial charge is 0.294 e. The predicted octanol–water partition coefficient (Wildman–Crippen LogP) is 4.43. The normalized spacial score (nSPS) is 12.4. The quantitative estimate of drug-likeness (QED) is 0.636. The Hall–Kier alpha value is -1.18. The molecule has 0 N–H and O–H groups in total. The van der Waals surface area contributed by atoms with Crippen LogP contribution in [0.4, 0.5) is 0 Å². The summed E-state index contributed by atoms with van der Waals surface area (Å²) >= 11 is 0. The second kappa shape index (κ2) is 8.02. The van der Waals surface area contributed by atoms with Gasteiger partial charge in [-0.2, -0.15) is 0 Å². The van der Waals surface area contributed by atoms with Crippen LogP contribution in [0.25, 0.3) is 0 Å². The standard InChI is InChI=1S/C16H25NO/c1-4-7-8-13(5-2)11-16(18)15-9-10-17-12-14(15)6-3/h9-10,12-13H,4-8,11H2,1-3H3. The lowest BCUT2D eigenvalue weighted by Crippen LogP contribution is -2.10. The molecule has 0 aromatic carbocycles. The highest BCUT2D eigenvalue weighted by Crippen LogP contribution is 2.20. The maximum Gasteiger partial charge on any atom is 0.163 e. The van der Waals surface area contributed by atoms with Gasteiger partial charge in [0.25, 0.3) is 0 Å². The topological polar surface area (TPSA) is 30.0 Å². The molecule has 1 heterocycles. The van der Waals surface area contributed by atoms with Gasteiger partial charge in [0.2, 0.25) is 0 Å². The molecule has 1 aromatic rings. The first-order valence-corrected chi connectivity index (χ1v) is 7.18. The lowest BCUT2D eigenvalue weighted by Gasteiger charge is -2.14. The maximum atomic E-state index is 12.3. The Balaban J connectivity index is 2.68. The van der Waals surface area contributed by atoms with Crippen molar-refractivity contribution in [3.8, 4) is 0 Å². The smallest absolute Gasteiger partial charge is 0.163 e. The van der Waals surface area contributed by atoms with E-state index < -0.39 is 0 Å². The number of aromatic nitrogens is 1. The van der Waals surface area contributed by atoms with Crippen molar-refractivity contribution in [2.24, 2.45) is 5.92 Å². The highest BCUT2D eigenvalue weighted by molar-refractivity contribution is 5.97. The van der Waals surface area contributed by atoms with E-state index in [1.807, 2.05) is 12.3 Å². The number of nitrogens with zero attached hydrogens (tertiary/aromatic N) is 1. The molecular weight excluding hydrogens is 222 g/mol. The molecule has 0 amide bonds. The molecule has 0 saturated heterocycles. The minimum absolute atomic E-state index is 0.289. The van der Waals surface area contributed by atoms with E-state index in [1.54, 1.807) is 6.20 Å². The van der Waals surface area contributed by atoms with Gasteiger partial charge in [-0.1, -0.05) is 46.5 Å². The van der Waals surface area contributed by atoms with Crippen molar-refractivity contribution in [1.29, 1.82) is 0 Å². The SMILES string of the molecule is CCCCC(CC)CC(=O)c1ccncc1CC. The number of carbonyl (C=O) groups excluding carboxylic acids is 1. The molecule has 1 atom stereocenters. The summed E-state index contributed by atoms with van der Waals surface area (Å²) in [5.41, 5.74) is 1.95. The third kappa shape index (κ3) is 4.25. The van der Waals surface area contributed by atoms with Gasteiger partial charge in [0.05, 0.1) is 0 Å². The fourth-order valence-electron chi connectivity index (χ4n) is 2.30. The number of hydrogen-bond acceptors (Lipinski definition) is 2. The summed E-state index contributed by atoms with van der Waals surface area (Å²) in [6.07, 6.45) is 9.81. The summed E-state index contributed by atoms with van der Waals surface area (Å²) in [6, 6.07) is 1.87. The molecule has 1 rings (SSSR count). The molecular formula is C16H25NO. The first-order valence-electron chi connectivity index (χ1n) is 7.18. The van der Waals surface area contributed by atoms with Crippen LogP contribution in [-0.2, 0) is 6.42 Å². The van der Waals surface area contributed by atoms with Crippen LogP contribution in [0.15, 0.2) is 18.5 Å². The van der Waals surface area contributed by atoms with Gasteiger partial charge >= 0.3 is 0 Å². The number of rotatable bonds is 8. The second-order valence-electron chi connectivity index (χ2n) is 4.93. The molecule has 100 valence electrons. The Morgan fingerprint density at radius 3 is 2.72 bits per heavy atom. The molecule has 1 aromatic heterocycles. The minimum atomic E-state index is 0.289. The van der Waals surface area contributed by atoms with Gasteiger partial charge < -0.3 is 0 Å². The first-order chi connectivity index (χ1) is 8.72. The van der Waals surface area contributed by atoms with Crippen LogP contribution in [0.3, 0.4) is 0 Å². The monoisotopic (exact) mass is 247 g/mol. The highest BCUT2D eigenvalue weighted by atomic mass is 16.1. The molecule has 2 heteroatoms. The highest BCUT2D eigenvalue weighted by Gasteiger charge is 2.15. The summed E-state index contributed by atoms with van der Waals surface area (Å²) in [6.45, 7) is 6.45. The van der Waals surface area contributed by atoms with Crippen LogP contribution in [-0.4, -0.2) is 10.8 Å². The summed E-state index contributed by atoms with van der Waals surface area (Å²) in [5, 5.41) is 0. The van der Waals surface area contributed by atoms with Crippen molar-refractivity contribution >= 4 is 5.78 Å².